The molecule has 1 aromatic carbocycles. The van der Waals surface area contributed by atoms with Crippen LogP contribution in [0.15, 0.2) is 28.9 Å². The monoisotopic (exact) mass is 356 g/mol. The molecule has 6 nitrogen and oxygen atoms in total. The molecule has 0 saturated carbocycles. The van der Waals surface area contributed by atoms with Gasteiger partial charge in [-0.15, -0.1) is 5.10 Å². The Morgan fingerprint density at radius 3 is 2.81 bits per heavy atom. The second-order valence-electron chi connectivity index (χ2n) is 5.03. The molecule has 0 aliphatic rings. The number of aromatic nitrogens is 3. The van der Waals surface area contributed by atoms with Crippen LogP contribution >= 0.6 is 15.9 Å². The third-order valence-corrected chi connectivity index (χ3v) is 3.17. The number of amides is 1. The van der Waals surface area contributed by atoms with Gasteiger partial charge in [-0.1, -0.05) is 21.1 Å². The topological polar surface area (TPSA) is 80.0 Å². The van der Waals surface area contributed by atoms with Crippen LogP contribution in [0.5, 0.6) is 0 Å². The number of nitrogens with one attached hydrogen (secondary N) is 1. The number of nitrogens with zero attached hydrogens (tertiary/aromatic N) is 3. The number of benzene rings is 1. The summed E-state index contributed by atoms with van der Waals surface area (Å²) in [5, 5.41) is 19.7. The van der Waals surface area contributed by atoms with Gasteiger partial charge in [0.05, 0.1) is 11.9 Å². The molecule has 21 heavy (non-hydrogen) atoms. The summed E-state index contributed by atoms with van der Waals surface area (Å²) in [4.78, 5) is 11.8. The average Bonchev–Trinajstić information content (AvgIpc) is 2.81. The van der Waals surface area contributed by atoms with Crippen LogP contribution in [0.1, 0.15) is 19.5 Å². The number of hydrogen-bond donors (Lipinski definition) is 2. The van der Waals surface area contributed by atoms with Crippen molar-refractivity contribution in [1.82, 2.24) is 15.0 Å². The van der Waals surface area contributed by atoms with Crippen molar-refractivity contribution in [3.63, 3.8) is 0 Å². The Labute approximate surface area is 129 Å². The number of carbonyl (C=O) groups excluding carboxylic acids is 1. The molecule has 2 aromatic rings. The van der Waals surface area contributed by atoms with E-state index in [4.69, 9.17) is 0 Å². The van der Waals surface area contributed by atoms with E-state index in [1.165, 1.54) is 23.0 Å². The molecule has 0 unspecified atom stereocenters. The molecule has 0 aliphatic carbocycles. The zero-order valence-electron chi connectivity index (χ0n) is 11.5. The van der Waals surface area contributed by atoms with Crippen molar-refractivity contribution in [2.45, 2.75) is 26.0 Å². The summed E-state index contributed by atoms with van der Waals surface area (Å²) in [6.45, 7) is 3.01. The molecular formula is C13H14BrFN4O2. The fourth-order valence-corrected chi connectivity index (χ4v) is 1.92. The molecule has 0 spiro atoms. The minimum atomic E-state index is -1.13. The lowest BCUT2D eigenvalue weighted by Gasteiger charge is -2.11. The maximum atomic E-state index is 13.6. The molecular weight excluding hydrogens is 343 g/mol. The van der Waals surface area contributed by atoms with Gasteiger partial charge in [-0.3, -0.25) is 4.79 Å². The summed E-state index contributed by atoms with van der Waals surface area (Å²) in [7, 11) is 0. The van der Waals surface area contributed by atoms with E-state index < -0.39 is 17.3 Å². The lowest BCUT2D eigenvalue weighted by Crippen LogP contribution is -2.20. The summed E-state index contributed by atoms with van der Waals surface area (Å²) >= 11 is 3.14. The second kappa shape index (κ2) is 5.90. The van der Waals surface area contributed by atoms with Crippen LogP contribution in [0.2, 0.25) is 0 Å². The smallest absolute Gasteiger partial charge is 0.246 e. The molecule has 0 bridgehead atoms. The lowest BCUT2D eigenvalue weighted by atomic mass is 10.1. The van der Waals surface area contributed by atoms with Gasteiger partial charge in [0, 0.05) is 4.47 Å². The second-order valence-corrected chi connectivity index (χ2v) is 5.95. The molecule has 0 saturated heterocycles. The molecule has 112 valence electrons. The van der Waals surface area contributed by atoms with Crippen LogP contribution < -0.4 is 5.32 Å². The minimum absolute atomic E-state index is 0.0889. The Bertz CT molecular complexity index is 666. The Balaban J connectivity index is 2.03. The highest BCUT2D eigenvalue weighted by atomic mass is 79.9. The summed E-state index contributed by atoms with van der Waals surface area (Å²) in [5.74, 6) is -0.975. The molecule has 1 heterocycles. The molecule has 0 radical (unpaired) electrons. The lowest BCUT2D eigenvalue weighted by molar-refractivity contribution is -0.117. The van der Waals surface area contributed by atoms with Crippen LogP contribution in [-0.4, -0.2) is 26.0 Å². The van der Waals surface area contributed by atoms with Gasteiger partial charge in [0.1, 0.15) is 23.7 Å². The van der Waals surface area contributed by atoms with E-state index in [1.54, 1.807) is 19.9 Å². The standard InChI is InChI=1S/C13H14BrFN4O2/c1-13(2,21)11-6-19(18-17-11)7-12(20)16-10-4-3-8(14)5-9(10)15/h3-6,21H,7H2,1-2H3,(H,16,20). The normalized spacial score (nSPS) is 11.5. The maximum Gasteiger partial charge on any atom is 0.246 e. The molecule has 1 amide bonds. The molecule has 0 fully saturated rings. The number of halogens is 2. The van der Waals surface area contributed by atoms with Crippen LogP contribution in [0.3, 0.4) is 0 Å². The predicted molar refractivity (Wildman–Crippen MR) is 78.0 cm³/mol. The number of aliphatic hydroxyl groups is 1. The summed E-state index contributed by atoms with van der Waals surface area (Å²) in [6, 6.07) is 4.35. The largest absolute Gasteiger partial charge is 0.384 e. The number of hydrogen-bond acceptors (Lipinski definition) is 4. The Kier molecular flexibility index (Phi) is 4.38. The third-order valence-electron chi connectivity index (χ3n) is 2.68. The van der Waals surface area contributed by atoms with Gasteiger partial charge in [-0.05, 0) is 32.0 Å². The van der Waals surface area contributed by atoms with Gasteiger partial charge in [0.15, 0.2) is 0 Å². The Hall–Kier alpha value is -1.80. The zero-order valence-corrected chi connectivity index (χ0v) is 13.1. The van der Waals surface area contributed by atoms with Gasteiger partial charge < -0.3 is 10.4 Å². The SMILES string of the molecule is CC(C)(O)c1cn(CC(=O)Nc2ccc(Br)cc2F)nn1. The zero-order chi connectivity index (χ0) is 15.6. The number of carbonyl (C=O) groups is 1. The number of anilines is 1. The maximum absolute atomic E-state index is 13.6. The Morgan fingerprint density at radius 1 is 1.52 bits per heavy atom. The van der Waals surface area contributed by atoms with Crippen molar-refractivity contribution in [2.24, 2.45) is 0 Å². The van der Waals surface area contributed by atoms with Crippen LogP contribution in [0.25, 0.3) is 0 Å². The van der Waals surface area contributed by atoms with Gasteiger partial charge in [0.2, 0.25) is 5.91 Å². The van der Waals surface area contributed by atoms with Gasteiger partial charge in [-0.25, -0.2) is 9.07 Å². The van der Waals surface area contributed by atoms with Gasteiger partial charge in [0.25, 0.3) is 0 Å². The highest BCUT2D eigenvalue weighted by molar-refractivity contribution is 9.10. The van der Waals surface area contributed by atoms with E-state index in [9.17, 15) is 14.3 Å². The highest BCUT2D eigenvalue weighted by Gasteiger charge is 2.20. The molecule has 1 aromatic heterocycles. The molecule has 2 N–H and O–H groups in total. The van der Waals surface area contributed by atoms with E-state index >= 15 is 0 Å². The summed E-state index contributed by atoms with van der Waals surface area (Å²) in [5.41, 5.74) is -0.692. The molecule has 2 rings (SSSR count). The fraction of sp³-hybridized carbons (Fsp3) is 0.308. The first kappa shape index (κ1) is 15.6. The molecule has 8 heteroatoms. The quantitative estimate of drug-likeness (QED) is 0.878. The highest BCUT2D eigenvalue weighted by Crippen LogP contribution is 2.19. The predicted octanol–water partition coefficient (Wildman–Crippen LogP) is 2.05. The van der Waals surface area contributed by atoms with Crippen molar-refractivity contribution < 1.29 is 14.3 Å². The van der Waals surface area contributed by atoms with E-state index in [2.05, 4.69) is 31.6 Å². The van der Waals surface area contributed by atoms with E-state index in [0.29, 0.717) is 10.2 Å². The Morgan fingerprint density at radius 2 is 2.24 bits per heavy atom. The first-order valence-corrected chi connectivity index (χ1v) is 6.93. The fourth-order valence-electron chi connectivity index (χ4n) is 1.58. The minimum Gasteiger partial charge on any atom is -0.384 e. The van der Waals surface area contributed by atoms with Crippen LogP contribution in [0.4, 0.5) is 10.1 Å². The van der Waals surface area contributed by atoms with Crippen LogP contribution in [-0.2, 0) is 16.9 Å². The van der Waals surface area contributed by atoms with Crippen LogP contribution in [0, 0.1) is 5.82 Å². The first-order chi connectivity index (χ1) is 9.75. The molecule has 0 atom stereocenters. The van der Waals surface area contributed by atoms with E-state index in [1.807, 2.05) is 0 Å². The van der Waals surface area contributed by atoms with Crippen molar-refractivity contribution in [3.8, 4) is 0 Å². The van der Waals surface area contributed by atoms with Crippen molar-refractivity contribution in [2.75, 3.05) is 5.32 Å². The summed E-state index contributed by atoms with van der Waals surface area (Å²) in [6.07, 6.45) is 1.47. The first-order valence-electron chi connectivity index (χ1n) is 6.13. The number of rotatable bonds is 4. The van der Waals surface area contributed by atoms with E-state index in [0.717, 1.165) is 0 Å². The van der Waals surface area contributed by atoms with Crippen molar-refractivity contribution in [3.05, 3.63) is 40.4 Å². The van der Waals surface area contributed by atoms with Gasteiger partial charge in [-0.2, -0.15) is 0 Å². The third kappa shape index (κ3) is 4.08. The van der Waals surface area contributed by atoms with E-state index in [-0.39, 0.29) is 12.2 Å². The van der Waals surface area contributed by atoms with Gasteiger partial charge >= 0.3 is 0 Å². The molecule has 0 aliphatic heterocycles. The van der Waals surface area contributed by atoms with Crippen molar-refractivity contribution >= 4 is 27.5 Å². The summed E-state index contributed by atoms with van der Waals surface area (Å²) < 4.78 is 15.5. The average molecular weight is 357 g/mol. The van der Waals surface area contributed by atoms with Crippen molar-refractivity contribution in [1.29, 1.82) is 0 Å².